The fourth-order valence-corrected chi connectivity index (χ4v) is 1.84. The van der Waals surface area contributed by atoms with Crippen molar-refractivity contribution in [2.24, 2.45) is 5.84 Å². The van der Waals surface area contributed by atoms with Crippen LogP contribution in [0.4, 0.5) is 10.2 Å². The highest BCUT2D eigenvalue weighted by atomic mass is 35.5. The molecular weight excluding hydrogens is 315 g/mol. The Morgan fingerprint density at radius 3 is 2.47 bits per heavy atom. The molecule has 0 aliphatic carbocycles. The normalized spacial score (nSPS) is 10.4. The summed E-state index contributed by atoms with van der Waals surface area (Å²) in [7, 11) is 0. The van der Waals surface area contributed by atoms with Gasteiger partial charge in [0.15, 0.2) is 5.82 Å². The van der Waals surface area contributed by atoms with Crippen LogP contribution in [-0.2, 0) is 0 Å². The van der Waals surface area contributed by atoms with Gasteiger partial charge in [-0.1, -0.05) is 34.8 Å². The van der Waals surface area contributed by atoms with Gasteiger partial charge in [-0.3, -0.25) is 0 Å². The van der Waals surface area contributed by atoms with Crippen LogP contribution in [-0.4, -0.2) is 4.98 Å². The standard InChI is InChI=1S/C11H7Cl3FN3O/c12-6-2-1-5(3-9(6)15)19-11-8(14)4-7(13)10(17-11)18-16/h1-4H,16H2,(H,17,18). The van der Waals surface area contributed by atoms with Crippen LogP contribution in [0.3, 0.4) is 0 Å². The number of nitrogens with one attached hydrogen (secondary N) is 1. The molecule has 1 aromatic carbocycles. The van der Waals surface area contributed by atoms with E-state index in [1.165, 1.54) is 18.2 Å². The molecule has 0 aliphatic heterocycles. The molecule has 3 N–H and O–H groups in total. The Morgan fingerprint density at radius 2 is 1.84 bits per heavy atom. The first kappa shape index (κ1) is 14.1. The van der Waals surface area contributed by atoms with Crippen molar-refractivity contribution in [3.63, 3.8) is 0 Å². The first-order valence-electron chi connectivity index (χ1n) is 4.97. The molecule has 19 heavy (non-hydrogen) atoms. The maximum atomic E-state index is 13.3. The Labute approximate surface area is 123 Å². The lowest BCUT2D eigenvalue weighted by molar-refractivity contribution is 0.459. The van der Waals surface area contributed by atoms with E-state index in [9.17, 15) is 4.39 Å². The van der Waals surface area contributed by atoms with Gasteiger partial charge in [-0.2, -0.15) is 4.98 Å². The summed E-state index contributed by atoms with van der Waals surface area (Å²) in [4.78, 5) is 3.96. The van der Waals surface area contributed by atoms with E-state index in [1.807, 2.05) is 0 Å². The van der Waals surface area contributed by atoms with Crippen LogP contribution < -0.4 is 16.0 Å². The predicted octanol–water partition coefficient (Wildman–Crippen LogP) is 4.26. The molecule has 0 amide bonds. The van der Waals surface area contributed by atoms with Gasteiger partial charge in [0.1, 0.15) is 16.6 Å². The Bertz CT molecular complexity index is 624. The summed E-state index contributed by atoms with van der Waals surface area (Å²) in [6.45, 7) is 0. The van der Waals surface area contributed by atoms with Crippen LogP contribution >= 0.6 is 34.8 Å². The second-order valence-corrected chi connectivity index (χ2v) is 4.65. The van der Waals surface area contributed by atoms with Gasteiger partial charge in [-0.05, 0) is 18.2 Å². The van der Waals surface area contributed by atoms with Crippen LogP contribution in [0.15, 0.2) is 24.3 Å². The number of benzene rings is 1. The second-order valence-electron chi connectivity index (χ2n) is 3.43. The highest BCUT2D eigenvalue weighted by molar-refractivity contribution is 6.36. The molecule has 8 heteroatoms. The molecule has 100 valence electrons. The number of anilines is 1. The summed E-state index contributed by atoms with van der Waals surface area (Å²) in [5, 5.41) is 0.397. The van der Waals surface area contributed by atoms with Gasteiger partial charge in [-0.25, -0.2) is 10.2 Å². The minimum atomic E-state index is -0.610. The van der Waals surface area contributed by atoms with Gasteiger partial charge in [0, 0.05) is 6.07 Å². The number of rotatable bonds is 3. The van der Waals surface area contributed by atoms with Gasteiger partial charge < -0.3 is 10.2 Å². The van der Waals surface area contributed by atoms with E-state index in [4.69, 9.17) is 45.4 Å². The van der Waals surface area contributed by atoms with Crippen molar-refractivity contribution < 1.29 is 9.13 Å². The lowest BCUT2D eigenvalue weighted by Crippen LogP contribution is -2.09. The van der Waals surface area contributed by atoms with Crippen molar-refractivity contribution in [1.29, 1.82) is 0 Å². The molecule has 1 heterocycles. The zero-order chi connectivity index (χ0) is 14.0. The van der Waals surface area contributed by atoms with Crippen LogP contribution in [0, 0.1) is 5.82 Å². The minimum absolute atomic E-state index is 0.00757. The van der Waals surface area contributed by atoms with E-state index >= 15 is 0 Å². The van der Waals surface area contributed by atoms with Crippen LogP contribution in [0.1, 0.15) is 0 Å². The Morgan fingerprint density at radius 1 is 1.11 bits per heavy atom. The molecule has 0 fully saturated rings. The molecule has 0 aliphatic rings. The first-order chi connectivity index (χ1) is 9.01. The van der Waals surface area contributed by atoms with Crippen molar-refractivity contribution >= 4 is 40.6 Å². The monoisotopic (exact) mass is 321 g/mol. The quantitative estimate of drug-likeness (QED) is 0.655. The van der Waals surface area contributed by atoms with Crippen molar-refractivity contribution in [1.82, 2.24) is 4.98 Å². The molecule has 0 spiro atoms. The minimum Gasteiger partial charge on any atom is -0.437 e. The summed E-state index contributed by atoms with van der Waals surface area (Å²) < 4.78 is 18.6. The lowest BCUT2D eigenvalue weighted by atomic mass is 10.3. The maximum absolute atomic E-state index is 13.3. The third kappa shape index (κ3) is 3.19. The van der Waals surface area contributed by atoms with Crippen molar-refractivity contribution in [2.45, 2.75) is 0 Å². The van der Waals surface area contributed by atoms with Gasteiger partial charge in [-0.15, -0.1) is 0 Å². The summed E-state index contributed by atoms with van der Waals surface area (Å²) >= 11 is 17.3. The van der Waals surface area contributed by atoms with Gasteiger partial charge in [0.2, 0.25) is 5.88 Å². The number of hydrogen-bond donors (Lipinski definition) is 2. The van der Waals surface area contributed by atoms with E-state index in [-0.39, 0.29) is 32.5 Å². The van der Waals surface area contributed by atoms with Crippen molar-refractivity contribution in [3.05, 3.63) is 45.2 Å². The third-order valence-electron chi connectivity index (χ3n) is 2.14. The van der Waals surface area contributed by atoms with Crippen molar-refractivity contribution in [2.75, 3.05) is 5.43 Å². The Hall–Kier alpha value is -1.27. The van der Waals surface area contributed by atoms with E-state index in [0.29, 0.717) is 0 Å². The number of nitrogens with two attached hydrogens (primary N) is 1. The molecule has 0 radical (unpaired) electrons. The molecule has 2 aromatic rings. The number of nitrogens with zero attached hydrogens (tertiary/aromatic N) is 1. The lowest BCUT2D eigenvalue weighted by Gasteiger charge is -2.10. The smallest absolute Gasteiger partial charge is 0.240 e. The summed E-state index contributed by atoms with van der Waals surface area (Å²) in [6.07, 6.45) is 0. The summed E-state index contributed by atoms with van der Waals surface area (Å²) in [5.41, 5.74) is 2.29. The Balaban J connectivity index is 2.34. The molecule has 2 rings (SSSR count). The number of ether oxygens (including phenoxy) is 1. The van der Waals surface area contributed by atoms with E-state index in [1.54, 1.807) is 0 Å². The summed E-state index contributed by atoms with van der Waals surface area (Å²) in [5.74, 6) is 5.05. The number of aromatic nitrogens is 1. The topological polar surface area (TPSA) is 60.2 Å². The average molecular weight is 323 g/mol. The Kier molecular flexibility index (Phi) is 4.31. The highest BCUT2D eigenvalue weighted by Gasteiger charge is 2.11. The average Bonchev–Trinajstić information content (AvgIpc) is 2.37. The number of halogens is 4. The fraction of sp³-hybridized carbons (Fsp3) is 0. The van der Waals surface area contributed by atoms with Crippen molar-refractivity contribution in [3.8, 4) is 11.6 Å². The molecule has 0 saturated carbocycles. The molecule has 0 unspecified atom stereocenters. The largest absolute Gasteiger partial charge is 0.437 e. The second kappa shape index (κ2) is 5.79. The van der Waals surface area contributed by atoms with Crippen LogP contribution in [0.2, 0.25) is 15.1 Å². The van der Waals surface area contributed by atoms with E-state index < -0.39 is 5.82 Å². The van der Waals surface area contributed by atoms with Crippen LogP contribution in [0.5, 0.6) is 11.6 Å². The van der Waals surface area contributed by atoms with Gasteiger partial charge in [0.05, 0.1) is 10.0 Å². The molecule has 4 nitrogen and oxygen atoms in total. The summed E-state index contributed by atoms with van der Waals surface area (Å²) in [6, 6.07) is 5.36. The zero-order valence-electron chi connectivity index (χ0n) is 9.25. The predicted molar refractivity (Wildman–Crippen MR) is 73.6 cm³/mol. The fourth-order valence-electron chi connectivity index (χ4n) is 1.27. The SMILES string of the molecule is NNc1nc(Oc2ccc(Cl)c(F)c2)c(Cl)cc1Cl. The van der Waals surface area contributed by atoms with Crippen LogP contribution in [0.25, 0.3) is 0 Å². The maximum Gasteiger partial charge on any atom is 0.240 e. The van der Waals surface area contributed by atoms with E-state index in [2.05, 4.69) is 10.4 Å². The molecule has 0 saturated heterocycles. The molecule has 0 bridgehead atoms. The first-order valence-corrected chi connectivity index (χ1v) is 6.10. The number of hydrogen-bond acceptors (Lipinski definition) is 4. The molecule has 0 atom stereocenters. The molecule has 1 aromatic heterocycles. The van der Waals surface area contributed by atoms with Gasteiger partial charge in [0.25, 0.3) is 0 Å². The number of nitrogen functional groups attached to an aromatic ring is 1. The zero-order valence-corrected chi connectivity index (χ0v) is 11.5. The number of hydrazine groups is 1. The highest BCUT2D eigenvalue weighted by Crippen LogP contribution is 2.33. The van der Waals surface area contributed by atoms with Gasteiger partial charge >= 0.3 is 0 Å². The number of pyridine rings is 1. The third-order valence-corrected chi connectivity index (χ3v) is 3.01. The van der Waals surface area contributed by atoms with E-state index in [0.717, 1.165) is 6.07 Å². The molecular formula is C11H7Cl3FN3O.